The molecule has 0 spiro atoms. The Bertz CT molecular complexity index is 3540. The smallest absolute Gasteiger partial charge is 0.0165 e. The molecule has 0 nitrogen and oxygen atoms in total. The van der Waals surface area contributed by atoms with Gasteiger partial charge in [0.1, 0.15) is 0 Å². The number of hydrogen-bond donors (Lipinski definition) is 0. The monoisotopic (exact) mass is 933 g/mol. The highest BCUT2D eigenvalue weighted by Gasteiger charge is 2.43. The summed E-state index contributed by atoms with van der Waals surface area (Å²) in [6.45, 7) is 23.2. The largest absolute Gasteiger partial charge is 0.0808 e. The summed E-state index contributed by atoms with van der Waals surface area (Å²) in [5.74, 6) is 0.603. The summed E-state index contributed by atoms with van der Waals surface area (Å²) in [6, 6.07) is 63.4. The van der Waals surface area contributed by atoms with E-state index in [1.807, 2.05) is 6.07 Å². The molecule has 1 unspecified atom stereocenters. The lowest BCUT2D eigenvalue weighted by molar-refractivity contribution is 0.635. The summed E-state index contributed by atoms with van der Waals surface area (Å²) < 4.78 is 0. The number of hydrogen-bond acceptors (Lipinski definition) is 0. The van der Waals surface area contributed by atoms with Gasteiger partial charge in [0.15, 0.2) is 0 Å². The second-order valence-corrected chi connectivity index (χ2v) is 22.9. The molecule has 0 aliphatic heterocycles. The van der Waals surface area contributed by atoms with Crippen LogP contribution < -0.4 is 0 Å². The number of fused-ring (bicyclic) bond motifs is 6. The van der Waals surface area contributed by atoms with Crippen LogP contribution >= 0.6 is 0 Å². The first-order chi connectivity index (χ1) is 34.6. The van der Waals surface area contributed by atoms with Gasteiger partial charge in [-0.2, -0.15) is 0 Å². The Balaban J connectivity index is 0.000000374. The van der Waals surface area contributed by atoms with Crippen molar-refractivity contribution in [3.63, 3.8) is 0 Å². The van der Waals surface area contributed by atoms with E-state index in [-0.39, 0.29) is 16.2 Å². The Morgan fingerprint density at radius 2 is 1.04 bits per heavy atom. The number of allylic oxidation sites excluding steroid dienone is 8. The predicted molar refractivity (Wildman–Crippen MR) is 309 cm³/mol. The van der Waals surface area contributed by atoms with Gasteiger partial charge in [0.25, 0.3) is 0 Å². The first kappa shape index (κ1) is 47.1. The zero-order chi connectivity index (χ0) is 50.1. The van der Waals surface area contributed by atoms with Crippen molar-refractivity contribution in [3.05, 3.63) is 261 Å². The number of benzene rings is 8. The Labute approximate surface area is 430 Å². The van der Waals surface area contributed by atoms with Gasteiger partial charge in [0, 0.05) is 16.2 Å². The molecule has 0 saturated carbocycles. The molecular formula is C72H68. The minimum absolute atomic E-state index is 0.0949. The molecule has 0 bridgehead atoms. The molecule has 0 saturated heterocycles. The van der Waals surface area contributed by atoms with Crippen LogP contribution in [-0.2, 0) is 17.3 Å². The van der Waals surface area contributed by atoms with Crippen molar-refractivity contribution in [3.8, 4) is 55.6 Å². The van der Waals surface area contributed by atoms with E-state index < -0.39 is 0 Å². The number of rotatable bonds is 7. The maximum atomic E-state index is 2.55. The van der Waals surface area contributed by atoms with Crippen molar-refractivity contribution in [2.75, 3.05) is 0 Å². The van der Waals surface area contributed by atoms with Crippen LogP contribution in [0.15, 0.2) is 206 Å². The topological polar surface area (TPSA) is 0 Å². The van der Waals surface area contributed by atoms with E-state index in [1.54, 1.807) is 0 Å². The van der Waals surface area contributed by atoms with Gasteiger partial charge < -0.3 is 0 Å². The lowest BCUT2D eigenvalue weighted by atomic mass is 9.77. The molecule has 8 aromatic carbocycles. The van der Waals surface area contributed by atoms with Gasteiger partial charge >= 0.3 is 0 Å². The van der Waals surface area contributed by atoms with Gasteiger partial charge in [-0.1, -0.05) is 236 Å². The van der Waals surface area contributed by atoms with Crippen LogP contribution in [0.4, 0.5) is 0 Å². The Hall–Kier alpha value is -7.28. The van der Waals surface area contributed by atoms with Crippen molar-refractivity contribution in [2.45, 2.75) is 92.9 Å². The van der Waals surface area contributed by atoms with E-state index >= 15 is 0 Å². The minimum Gasteiger partial charge on any atom is -0.0808 e. The quantitative estimate of drug-likeness (QED) is 0.149. The molecular weight excluding hydrogens is 865 g/mol. The number of aryl methyl sites for hydroxylation is 1. The fraction of sp³-hybridized carbons (Fsp3) is 0.222. The Morgan fingerprint density at radius 1 is 0.458 bits per heavy atom. The molecule has 0 amide bonds. The van der Waals surface area contributed by atoms with Gasteiger partial charge in [-0.25, -0.2) is 0 Å². The summed E-state index contributed by atoms with van der Waals surface area (Å²) in [6.07, 6.45) is 14.0. The van der Waals surface area contributed by atoms with Gasteiger partial charge in [-0.05, 0) is 180 Å². The molecule has 4 aliphatic rings. The molecule has 0 heterocycles. The van der Waals surface area contributed by atoms with Crippen molar-refractivity contribution in [1.82, 2.24) is 0 Å². The zero-order valence-corrected chi connectivity index (χ0v) is 44.0. The van der Waals surface area contributed by atoms with Gasteiger partial charge in [-0.15, -0.1) is 0 Å². The van der Waals surface area contributed by atoms with Crippen LogP contribution in [0.2, 0.25) is 0 Å². The lowest BCUT2D eigenvalue weighted by Gasteiger charge is -2.26. The highest BCUT2D eigenvalue weighted by molar-refractivity contribution is 5.94. The molecule has 0 heteroatoms. The van der Waals surface area contributed by atoms with E-state index in [4.69, 9.17) is 0 Å². The molecule has 1 atom stereocenters. The average molecular weight is 933 g/mol. The van der Waals surface area contributed by atoms with Crippen LogP contribution in [0.5, 0.6) is 0 Å². The summed E-state index contributed by atoms with van der Waals surface area (Å²) in [5.41, 5.74) is 31.2. The molecule has 0 N–H and O–H groups in total. The third-order valence-electron chi connectivity index (χ3n) is 16.4. The van der Waals surface area contributed by atoms with Crippen LogP contribution in [0.1, 0.15) is 117 Å². The molecule has 12 rings (SSSR count). The Morgan fingerprint density at radius 3 is 1.74 bits per heavy atom. The maximum Gasteiger partial charge on any atom is 0.0165 e. The van der Waals surface area contributed by atoms with E-state index in [1.165, 1.54) is 128 Å². The average Bonchev–Trinajstić information content (AvgIpc) is 3.89. The summed E-state index contributed by atoms with van der Waals surface area (Å²) in [7, 11) is 0. The molecule has 0 radical (unpaired) electrons. The zero-order valence-electron chi connectivity index (χ0n) is 44.0. The van der Waals surface area contributed by atoms with Crippen LogP contribution in [0.25, 0.3) is 66.8 Å². The highest BCUT2D eigenvalue weighted by Crippen LogP contribution is 2.58. The summed E-state index contributed by atoms with van der Waals surface area (Å²) >= 11 is 0. The van der Waals surface area contributed by atoms with Gasteiger partial charge in [0.2, 0.25) is 0 Å². The van der Waals surface area contributed by atoms with E-state index in [9.17, 15) is 0 Å². The van der Waals surface area contributed by atoms with Crippen molar-refractivity contribution >= 4 is 11.1 Å². The maximum absolute atomic E-state index is 2.55. The van der Waals surface area contributed by atoms with Crippen molar-refractivity contribution in [1.29, 1.82) is 0 Å². The third kappa shape index (κ3) is 8.39. The molecule has 8 aromatic rings. The summed E-state index contributed by atoms with van der Waals surface area (Å²) in [4.78, 5) is 0. The third-order valence-corrected chi connectivity index (χ3v) is 16.4. The standard InChI is InChI=1S/C59H56.C13H12/c1-36-20-24-41(25-21-36)47-18-13-19-49-51-33-54-50(32-55(51)59(8,9)56(47)49)48-29-28-43(31-53(48)58(54,6)7)46-15-11-10-14-42(46)30-39-22-26-40(27-23-39)44-16-12-17-45(38(44)3)52-35-57(4,5)34-37(52)2;1-11-7-9-13(10-8-11)12-5-3-2-4-6-12/h10-20,22-29,31-36H,21,30H2,1-9H3;2-10H,1H3. The fourth-order valence-corrected chi connectivity index (χ4v) is 12.5. The fourth-order valence-electron chi connectivity index (χ4n) is 12.5. The molecule has 72 heavy (non-hydrogen) atoms. The lowest BCUT2D eigenvalue weighted by Crippen LogP contribution is -2.18. The second-order valence-electron chi connectivity index (χ2n) is 22.9. The van der Waals surface area contributed by atoms with E-state index in [0.29, 0.717) is 5.92 Å². The van der Waals surface area contributed by atoms with Crippen molar-refractivity contribution < 1.29 is 0 Å². The van der Waals surface area contributed by atoms with Crippen LogP contribution in [0.3, 0.4) is 0 Å². The Kier molecular flexibility index (Phi) is 11.8. The second kappa shape index (κ2) is 18.1. The van der Waals surface area contributed by atoms with Gasteiger partial charge in [0.05, 0.1) is 0 Å². The highest BCUT2D eigenvalue weighted by atomic mass is 14.5. The molecule has 0 fully saturated rings. The van der Waals surface area contributed by atoms with Crippen LogP contribution in [0, 0.1) is 25.2 Å². The van der Waals surface area contributed by atoms with Gasteiger partial charge in [-0.3, -0.25) is 0 Å². The SMILES string of the molecule is CC1=CC(C)(C)C=C1c1cccc(-c2ccc(Cc3ccccc3-c3ccc4c(c3)C(C)(C)c3cc5c(cc3-4)C(C)(C)c3c(C4=CCC(C)C=C4)cccc3-5)cc2)c1C.Cc1ccc(-c2ccccc2)cc1. The molecule has 4 aliphatic carbocycles. The minimum atomic E-state index is -0.120. The first-order valence-corrected chi connectivity index (χ1v) is 26.3. The first-order valence-electron chi connectivity index (χ1n) is 26.3. The molecule has 356 valence electrons. The predicted octanol–water partition coefficient (Wildman–Crippen LogP) is 19.5. The van der Waals surface area contributed by atoms with Crippen LogP contribution in [-0.4, -0.2) is 0 Å². The van der Waals surface area contributed by atoms with E-state index in [0.717, 1.165) is 12.8 Å². The normalized spacial score (nSPS) is 17.1. The van der Waals surface area contributed by atoms with E-state index in [2.05, 4.69) is 263 Å². The summed E-state index contributed by atoms with van der Waals surface area (Å²) in [5, 5.41) is 0. The van der Waals surface area contributed by atoms with Crippen molar-refractivity contribution in [2.24, 2.45) is 11.3 Å². The molecule has 0 aromatic heterocycles.